The van der Waals surface area contributed by atoms with E-state index in [0.29, 0.717) is 0 Å². The first-order chi connectivity index (χ1) is 12.1. The maximum Gasteiger partial charge on any atom is 0.453 e. The quantitative estimate of drug-likeness (QED) is 0.622. The number of alkyl halides is 3. The van der Waals surface area contributed by atoms with Crippen molar-refractivity contribution in [3.8, 4) is 5.88 Å². The van der Waals surface area contributed by atoms with Crippen molar-refractivity contribution in [1.82, 2.24) is 34.3 Å². The lowest BCUT2D eigenvalue weighted by atomic mass is 10.4. The summed E-state index contributed by atoms with van der Waals surface area (Å²) >= 11 is 0. The molecule has 26 heavy (non-hydrogen) atoms. The lowest BCUT2D eigenvalue weighted by Gasteiger charge is -2.07. The molecule has 10 nitrogen and oxygen atoms in total. The molecule has 0 unspecified atom stereocenters. The molecule has 0 amide bonds. The van der Waals surface area contributed by atoms with E-state index < -0.39 is 33.4 Å². The van der Waals surface area contributed by atoms with E-state index in [1.54, 1.807) is 6.92 Å². The summed E-state index contributed by atoms with van der Waals surface area (Å²) in [5.41, 5.74) is -0.0647. The second kappa shape index (κ2) is 6.19. The van der Waals surface area contributed by atoms with Gasteiger partial charge in [-0.05, 0) is 6.92 Å². The number of hydrogen-bond donors (Lipinski definition) is 0. The van der Waals surface area contributed by atoms with Gasteiger partial charge in [0.05, 0.1) is 12.3 Å². The largest absolute Gasteiger partial charge is 0.478 e. The Hall–Kier alpha value is -2.77. The molecule has 0 spiro atoms. The molecule has 0 saturated heterocycles. The fourth-order valence-corrected chi connectivity index (χ4v) is 3.48. The van der Waals surface area contributed by atoms with Gasteiger partial charge in [-0.15, -0.1) is 5.10 Å². The van der Waals surface area contributed by atoms with Crippen molar-refractivity contribution in [1.29, 1.82) is 0 Å². The van der Waals surface area contributed by atoms with Gasteiger partial charge in [0.15, 0.2) is 0 Å². The predicted octanol–water partition coefficient (Wildman–Crippen LogP) is 0.644. The molecule has 0 bridgehead atoms. The first-order valence-corrected chi connectivity index (χ1v) is 8.80. The van der Waals surface area contributed by atoms with Crippen molar-refractivity contribution in [2.24, 2.45) is 7.05 Å². The molecule has 0 N–H and O–H groups in total. The molecule has 3 aromatic heterocycles. The number of halogens is 3. The Kier molecular flexibility index (Phi) is 4.29. The Morgan fingerprint density at radius 3 is 2.58 bits per heavy atom. The van der Waals surface area contributed by atoms with Crippen LogP contribution < -0.4 is 4.74 Å². The number of ether oxygens (including phenoxy) is 1. The van der Waals surface area contributed by atoms with E-state index in [1.807, 2.05) is 0 Å². The maximum atomic E-state index is 12.8. The fourth-order valence-electron chi connectivity index (χ4n) is 2.16. The number of aromatic nitrogens is 7. The van der Waals surface area contributed by atoms with Crippen LogP contribution in [-0.2, 0) is 28.8 Å². The zero-order valence-corrected chi connectivity index (χ0v) is 14.3. The molecule has 14 heteroatoms. The molecule has 3 aromatic rings. The van der Waals surface area contributed by atoms with Gasteiger partial charge in [0, 0.05) is 13.1 Å². The summed E-state index contributed by atoms with van der Waals surface area (Å²) < 4.78 is 70.4. The highest BCUT2D eigenvalue weighted by molar-refractivity contribution is 7.90. The highest BCUT2D eigenvalue weighted by atomic mass is 32.2. The second-order valence-electron chi connectivity index (χ2n) is 5.09. The minimum absolute atomic E-state index is 0.0647. The summed E-state index contributed by atoms with van der Waals surface area (Å²) in [5, 5.41) is 6.71. The summed E-state index contributed by atoms with van der Waals surface area (Å²) in [6, 6.07) is 1.19. The minimum Gasteiger partial charge on any atom is -0.478 e. The monoisotopic (exact) mass is 391 g/mol. The number of fused-ring (bicyclic) bond motifs is 1. The molecule has 0 aliphatic rings. The van der Waals surface area contributed by atoms with E-state index in [2.05, 4.69) is 25.1 Å². The number of rotatable bonds is 5. The number of nitrogens with zero attached hydrogens (tertiary/aromatic N) is 7. The molecule has 0 atom stereocenters. The van der Waals surface area contributed by atoms with Crippen LogP contribution in [-0.4, -0.2) is 49.4 Å². The second-order valence-corrected chi connectivity index (χ2v) is 6.97. The van der Waals surface area contributed by atoms with Crippen LogP contribution in [0.5, 0.6) is 5.88 Å². The van der Waals surface area contributed by atoms with Crippen LogP contribution in [0.2, 0.25) is 0 Å². The molecule has 140 valence electrons. The van der Waals surface area contributed by atoms with Gasteiger partial charge in [-0.1, -0.05) is 0 Å². The molecule has 0 saturated carbocycles. The van der Waals surface area contributed by atoms with Crippen LogP contribution in [0.4, 0.5) is 13.2 Å². The fraction of sp³-hybridized carbons (Fsp3) is 0.417. The highest BCUT2D eigenvalue weighted by Gasteiger charge is 2.37. The molecule has 3 rings (SSSR count). The van der Waals surface area contributed by atoms with Crippen molar-refractivity contribution in [3.63, 3.8) is 0 Å². The summed E-state index contributed by atoms with van der Waals surface area (Å²) in [4.78, 5) is 10.8. The Morgan fingerprint density at radius 1 is 1.27 bits per heavy atom. The zero-order valence-electron chi connectivity index (χ0n) is 13.5. The molecule has 0 fully saturated rings. The van der Waals surface area contributed by atoms with Crippen molar-refractivity contribution in [2.45, 2.75) is 24.0 Å². The van der Waals surface area contributed by atoms with Crippen molar-refractivity contribution in [3.05, 3.63) is 23.9 Å². The number of aryl methyl sites for hydroxylation is 1. The topological polar surface area (TPSA) is 117 Å². The van der Waals surface area contributed by atoms with Gasteiger partial charge in [0.25, 0.3) is 11.6 Å². The smallest absolute Gasteiger partial charge is 0.453 e. The average Bonchev–Trinajstić information content (AvgIpc) is 3.13. The third-order valence-electron chi connectivity index (χ3n) is 3.16. The zero-order chi connectivity index (χ0) is 19.1. The summed E-state index contributed by atoms with van der Waals surface area (Å²) in [5.74, 6) is -2.56. The molecule has 0 aromatic carbocycles. The van der Waals surface area contributed by atoms with E-state index in [0.717, 1.165) is 15.5 Å². The third kappa shape index (κ3) is 3.31. The Balaban J connectivity index is 2.08. The number of sulfone groups is 1. The van der Waals surface area contributed by atoms with E-state index >= 15 is 0 Å². The van der Waals surface area contributed by atoms with Crippen LogP contribution in [0.3, 0.4) is 0 Å². The van der Waals surface area contributed by atoms with Gasteiger partial charge in [0.1, 0.15) is 12.1 Å². The first-order valence-electron chi connectivity index (χ1n) is 7.15. The Bertz CT molecular complexity index is 1060. The minimum atomic E-state index is -4.78. The van der Waals surface area contributed by atoms with Gasteiger partial charge in [-0.25, -0.2) is 23.1 Å². The van der Waals surface area contributed by atoms with Gasteiger partial charge in [-0.2, -0.15) is 27.8 Å². The SMILES string of the molecule is CCOc1cc(CS(=O)(=O)c2ncnn2C)nc2nc(C(F)(F)F)nn12. The molecule has 3 heterocycles. The summed E-state index contributed by atoms with van der Waals surface area (Å²) in [7, 11) is -2.53. The molecule has 0 aliphatic heterocycles. The lowest BCUT2D eigenvalue weighted by molar-refractivity contribution is -0.144. The summed E-state index contributed by atoms with van der Waals surface area (Å²) in [6.07, 6.45) is -3.70. The molecular weight excluding hydrogens is 379 g/mol. The van der Waals surface area contributed by atoms with E-state index in [-0.39, 0.29) is 23.3 Å². The van der Waals surface area contributed by atoms with Gasteiger partial charge in [-0.3, -0.25) is 0 Å². The Morgan fingerprint density at radius 2 is 2.00 bits per heavy atom. The average molecular weight is 391 g/mol. The number of hydrogen-bond acceptors (Lipinski definition) is 8. The van der Waals surface area contributed by atoms with Crippen molar-refractivity contribution in [2.75, 3.05) is 6.61 Å². The molecule has 0 aliphatic carbocycles. The van der Waals surface area contributed by atoms with Gasteiger partial charge >= 0.3 is 6.18 Å². The Labute approximate surface area is 144 Å². The van der Waals surface area contributed by atoms with Crippen LogP contribution in [0.1, 0.15) is 18.4 Å². The van der Waals surface area contributed by atoms with E-state index in [9.17, 15) is 21.6 Å². The highest BCUT2D eigenvalue weighted by Crippen LogP contribution is 2.28. The van der Waals surface area contributed by atoms with Gasteiger partial charge < -0.3 is 4.74 Å². The third-order valence-corrected chi connectivity index (χ3v) is 4.77. The molecule has 0 radical (unpaired) electrons. The standard InChI is InChI=1S/C12H12F3N7O3S/c1-3-25-8-4-7(5-26(23,24)11-16-6-17-21(11)2)18-10-19-9(12(13,14)15)20-22(8)10/h4,6H,3,5H2,1-2H3. The summed E-state index contributed by atoms with van der Waals surface area (Å²) in [6.45, 7) is 1.74. The van der Waals surface area contributed by atoms with Crippen LogP contribution in [0, 0.1) is 0 Å². The normalized spacial score (nSPS) is 12.7. The predicted molar refractivity (Wildman–Crippen MR) is 78.8 cm³/mol. The molecular formula is C12H12F3N7O3S. The first kappa shape index (κ1) is 18.0. The lowest BCUT2D eigenvalue weighted by Crippen LogP contribution is -2.13. The van der Waals surface area contributed by atoms with Crippen LogP contribution in [0.15, 0.2) is 17.6 Å². The van der Waals surface area contributed by atoms with Crippen molar-refractivity contribution < 1.29 is 26.3 Å². The van der Waals surface area contributed by atoms with E-state index in [1.165, 1.54) is 13.1 Å². The maximum absolute atomic E-state index is 12.8. The van der Waals surface area contributed by atoms with E-state index in [4.69, 9.17) is 4.74 Å². The van der Waals surface area contributed by atoms with Crippen molar-refractivity contribution >= 4 is 15.6 Å². The van der Waals surface area contributed by atoms with Gasteiger partial charge in [0.2, 0.25) is 20.9 Å². The van der Waals surface area contributed by atoms with Crippen LogP contribution >= 0.6 is 0 Å². The van der Waals surface area contributed by atoms with Crippen LogP contribution in [0.25, 0.3) is 5.78 Å².